The zero-order chi connectivity index (χ0) is 10.8. The molecule has 0 bridgehead atoms. The van der Waals surface area contributed by atoms with Gasteiger partial charge in [-0.1, -0.05) is 0 Å². The van der Waals surface area contributed by atoms with E-state index in [1.807, 2.05) is 0 Å². The molecular weight excluding hydrogens is 194 g/mol. The monoisotopic (exact) mass is 203 g/mol. The van der Waals surface area contributed by atoms with Crippen molar-refractivity contribution >= 4 is 16.9 Å². The number of hydrogen-bond donors (Lipinski definition) is 1. The van der Waals surface area contributed by atoms with Gasteiger partial charge in [0.05, 0.1) is 18.2 Å². The number of aromatic hydroxyl groups is 1. The van der Waals surface area contributed by atoms with Crippen LogP contribution >= 0.6 is 0 Å². The number of fused-ring (bicyclic) bond motifs is 1. The Morgan fingerprint density at radius 2 is 2.20 bits per heavy atom. The first-order valence-corrected chi connectivity index (χ1v) is 4.38. The van der Waals surface area contributed by atoms with E-state index in [0.29, 0.717) is 16.5 Å². The third-order valence-electron chi connectivity index (χ3n) is 2.14. The molecule has 0 aliphatic heterocycles. The van der Waals surface area contributed by atoms with Gasteiger partial charge in [-0.05, 0) is 24.3 Å². The average Bonchev–Trinajstić information content (AvgIpc) is 2.28. The molecule has 0 atom stereocenters. The first kappa shape index (κ1) is 9.45. The number of benzene rings is 1. The molecule has 0 saturated carbocycles. The minimum absolute atomic E-state index is 0.149. The molecule has 1 aromatic carbocycles. The van der Waals surface area contributed by atoms with E-state index in [1.54, 1.807) is 18.2 Å². The normalized spacial score (nSPS) is 10.2. The lowest BCUT2D eigenvalue weighted by Gasteiger charge is -2.02. The quantitative estimate of drug-likeness (QED) is 0.717. The van der Waals surface area contributed by atoms with E-state index in [-0.39, 0.29) is 5.75 Å². The lowest BCUT2D eigenvalue weighted by Crippen LogP contribution is -2.00. The summed E-state index contributed by atoms with van der Waals surface area (Å²) in [5, 5.41) is 10.1. The smallest absolute Gasteiger partial charge is 0.337 e. The highest BCUT2D eigenvalue weighted by Crippen LogP contribution is 2.23. The molecule has 0 fully saturated rings. The molecule has 1 heterocycles. The summed E-state index contributed by atoms with van der Waals surface area (Å²) in [4.78, 5) is 15.3. The fraction of sp³-hybridized carbons (Fsp3) is 0.0909. The van der Waals surface area contributed by atoms with E-state index in [1.165, 1.54) is 19.4 Å². The molecule has 4 nitrogen and oxygen atoms in total. The van der Waals surface area contributed by atoms with E-state index in [4.69, 9.17) is 0 Å². The second-order valence-electron chi connectivity index (χ2n) is 3.05. The number of ether oxygens (including phenoxy) is 1. The lowest BCUT2D eigenvalue weighted by atomic mass is 10.1. The zero-order valence-corrected chi connectivity index (χ0v) is 8.10. The number of rotatable bonds is 1. The maximum Gasteiger partial charge on any atom is 0.337 e. The maximum atomic E-state index is 11.2. The van der Waals surface area contributed by atoms with Crippen molar-refractivity contribution in [2.45, 2.75) is 0 Å². The van der Waals surface area contributed by atoms with E-state index < -0.39 is 5.97 Å². The minimum Gasteiger partial charge on any atom is -0.507 e. The van der Waals surface area contributed by atoms with Crippen molar-refractivity contribution in [3.8, 4) is 5.75 Å². The maximum absolute atomic E-state index is 11.2. The predicted molar refractivity (Wildman–Crippen MR) is 54.7 cm³/mol. The Kier molecular flexibility index (Phi) is 2.25. The molecule has 0 aliphatic rings. The Bertz CT molecular complexity index is 522. The molecular formula is C11H9NO3. The highest BCUT2D eigenvalue weighted by molar-refractivity contribution is 5.95. The number of pyridine rings is 1. The largest absolute Gasteiger partial charge is 0.507 e. The van der Waals surface area contributed by atoms with Crippen molar-refractivity contribution in [1.29, 1.82) is 0 Å². The van der Waals surface area contributed by atoms with Crippen molar-refractivity contribution in [2.24, 2.45) is 0 Å². The van der Waals surface area contributed by atoms with E-state index >= 15 is 0 Å². The van der Waals surface area contributed by atoms with Gasteiger partial charge in [0.1, 0.15) is 5.75 Å². The number of methoxy groups -OCH3 is 1. The van der Waals surface area contributed by atoms with Crippen LogP contribution in [-0.2, 0) is 4.74 Å². The van der Waals surface area contributed by atoms with E-state index in [9.17, 15) is 9.90 Å². The number of aromatic nitrogens is 1. The summed E-state index contributed by atoms with van der Waals surface area (Å²) >= 11 is 0. The molecule has 0 amide bonds. The Hall–Kier alpha value is -2.10. The van der Waals surface area contributed by atoms with Gasteiger partial charge in [-0.15, -0.1) is 0 Å². The molecule has 0 aliphatic carbocycles. The van der Waals surface area contributed by atoms with Crippen LogP contribution in [0.15, 0.2) is 30.5 Å². The van der Waals surface area contributed by atoms with E-state index in [2.05, 4.69) is 9.72 Å². The van der Waals surface area contributed by atoms with Crippen LogP contribution in [0.3, 0.4) is 0 Å². The van der Waals surface area contributed by atoms with Crippen LogP contribution in [0.5, 0.6) is 5.75 Å². The summed E-state index contributed by atoms with van der Waals surface area (Å²) in [5.41, 5.74) is 0.987. The summed E-state index contributed by atoms with van der Waals surface area (Å²) in [5.74, 6) is -0.265. The van der Waals surface area contributed by atoms with Gasteiger partial charge in [0.2, 0.25) is 0 Å². The van der Waals surface area contributed by atoms with Gasteiger partial charge >= 0.3 is 5.97 Å². The molecule has 0 saturated heterocycles. The molecule has 0 unspecified atom stereocenters. The molecule has 1 N–H and O–H groups in total. The summed E-state index contributed by atoms with van der Waals surface area (Å²) in [6.07, 6.45) is 1.48. The molecule has 4 heteroatoms. The summed E-state index contributed by atoms with van der Waals surface area (Å²) < 4.78 is 4.59. The Morgan fingerprint density at radius 1 is 1.40 bits per heavy atom. The average molecular weight is 203 g/mol. The Labute approximate surface area is 86.1 Å². The summed E-state index contributed by atoms with van der Waals surface area (Å²) in [7, 11) is 1.32. The number of esters is 1. The Morgan fingerprint density at radius 3 is 2.93 bits per heavy atom. The fourth-order valence-electron chi connectivity index (χ4n) is 1.38. The van der Waals surface area contributed by atoms with Gasteiger partial charge in [-0.2, -0.15) is 0 Å². The van der Waals surface area contributed by atoms with Crippen molar-refractivity contribution in [2.75, 3.05) is 7.11 Å². The lowest BCUT2D eigenvalue weighted by molar-refractivity contribution is 0.0601. The third-order valence-corrected chi connectivity index (χ3v) is 2.14. The standard InChI is InChI=1S/C11H9NO3/c1-15-11(14)7-2-3-8-9(6-7)12-5-4-10(8)13/h2-6H,1H3,(H,12,13). The second kappa shape index (κ2) is 3.57. The first-order valence-electron chi connectivity index (χ1n) is 4.38. The number of nitrogens with zero attached hydrogens (tertiary/aromatic N) is 1. The van der Waals surface area contributed by atoms with Gasteiger partial charge in [-0.3, -0.25) is 4.98 Å². The van der Waals surface area contributed by atoms with Crippen LogP contribution in [0.25, 0.3) is 10.9 Å². The third kappa shape index (κ3) is 1.61. The van der Waals surface area contributed by atoms with Crippen molar-refractivity contribution < 1.29 is 14.6 Å². The summed E-state index contributed by atoms with van der Waals surface area (Å²) in [6.45, 7) is 0. The van der Waals surface area contributed by atoms with Crippen LogP contribution in [0, 0.1) is 0 Å². The molecule has 0 spiro atoms. The number of carbonyl (C=O) groups excluding carboxylic acids is 1. The number of hydrogen-bond acceptors (Lipinski definition) is 4. The Balaban J connectivity index is 2.62. The number of carbonyl (C=O) groups is 1. The van der Waals surface area contributed by atoms with E-state index in [0.717, 1.165) is 0 Å². The van der Waals surface area contributed by atoms with Crippen LogP contribution in [0.2, 0.25) is 0 Å². The van der Waals surface area contributed by atoms with Gasteiger partial charge in [0, 0.05) is 11.6 Å². The highest BCUT2D eigenvalue weighted by Gasteiger charge is 2.07. The van der Waals surface area contributed by atoms with Gasteiger partial charge < -0.3 is 9.84 Å². The van der Waals surface area contributed by atoms with Gasteiger partial charge in [0.15, 0.2) is 0 Å². The summed E-state index contributed by atoms with van der Waals surface area (Å²) in [6, 6.07) is 6.32. The molecule has 1 aromatic heterocycles. The molecule has 2 rings (SSSR count). The predicted octanol–water partition coefficient (Wildman–Crippen LogP) is 1.73. The highest BCUT2D eigenvalue weighted by atomic mass is 16.5. The second-order valence-corrected chi connectivity index (χ2v) is 3.05. The zero-order valence-electron chi connectivity index (χ0n) is 8.10. The van der Waals surface area contributed by atoms with Crippen LogP contribution < -0.4 is 0 Å². The van der Waals surface area contributed by atoms with Crippen molar-refractivity contribution in [3.63, 3.8) is 0 Å². The SMILES string of the molecule is COC(=O)c1ccc2c(O)ccnc2c1. The topological polar surface area (TPSA) is 59.4 Å². The van der Waals surface area contributed by atoms with Gasteiger partial charge in [0.25, 0.3) is 0 Å². The first-order chi connectivity index (χ1) is 7.22. The van der Waals surface area contributed by atoms with Crippen LogP contribution in [0.4, 0.5) is 0 Å². The molecule has 2 aromatic rings. The molecule has 15 heavy (non-hydrogen) atoms. The minimum atomic E-state index is -0.415. The van der Waals surface area contributed by atoms with Gasteiger partial charge in [-0.25, -0.2) is 4.79 Å². The molecule has 76 valence electrons. The fourth-order valence-corrected chi connectivity index (χ4v) is 1.38. The van der Waals surface area contributed by atoms with Crippen molar-refractivity contribution in [1.82, 2.24) is 4.98 Å². The molecule has 0 radical (unpaired) electrons. The van der Waals surface area contributed by atoms with Crippen LogP contribution in [0.1, 0.15) is 10.4 Å². The van der Waals surface area contributed by atoms with Crippen LogP contribution in [-0.4, -0.2) is 23.2 Å². The van der Waals surface area contributed by atoms with Crippen molar-refractivity contribution in [3.05, 3.63) is 36.0 Å².